The van der Waals surface area contributed by atoms with Crippen molar-refractivity contribution in [1.29, 1.82) is 0 Å². The first-order valence-corrected chi connectivity index (χ1v) is 5.90. The lowest BCUT2D eigenvalue weighted by atomic mass is 9.74. The van der Waals surface area contributed by atoms with Gasteiger partial charge in [-0.2, -0.15) is 0 Å². The Morgan fingerprint density at radius 1 is 1.35 bits per heavy atom. The summed E-state index contributed by atoms with van der Waals surface area (Å²) in [4.78, 5) is 11.0. The zero-order chi connectivity index (χ0) is 11.8. The molecule has 1 aliphatic carbocycles. The van der Waals surface area contributed by atoms with Crippen molar-refractivity contribution in [2.24, 2.45) is 5.92 Å². The van der Waals surface area contributed by atoms with Crippen molar-refractivity contribution in [1.82, 2.24) is 0 Å². The van der Waals surface area contributed by atoms with Crippen molar-refractivity contribution < 1.29 is 14.6 Å². The van der Waals surface area contributed by atoms with Crippen LogP contribution in [0.4, 0.5) is 0 Å². The molecule has 17 heavy (non-hydrogen) atoms. The monoisotopic (exact) mass is 230 g/mol. The lowest BCUT2D eigenvalue weighted by molar-refractivity contribution is -0.133. The topological polar surface area (TPSA) is 46.5 Å². The van der Waals surface area contributed by atoms with Crippen LogP contribution in [0.25, 0.3) is 0 Å². The fourth-order valence-corrected chi connectivity index (χ4v) is 2.78. The van der Waals surface area contributed by atoms with E-state index < -0.39 is 5.97 Å². The van der Waals surface area contributed by atoms with Crippen molar-refractivity contribution in [2.45, 2.75) is 18.8 Å². The third-order valence-corrected chi connectivity index (χ3v) is 3.72. The molecule has 1 heterocycles. The summed E-state index contributed by atoms with van der Waals surface area (Å²) in [6.45, 7) is 0.699. The van der Waals surface area contributed by atoms with Crippen LogP contribution in [0.2, 0.25) is 0 Å². The molecule has 1 N–H and O–H groups in total. The van der Waals surface area contributed by atoms with Crippen LogP contribution in [0.15, 0.2) is 35.9 Å². The number of para-hydroxylation sites is 1. The van der Waals surface area contributed by atoms with Gasteiger partial charge in [-0.25, -0.2) is 4.79 Å². The van der Waals surface area contributed by atoms with Crippen LogP contribution >= 0.6 is 0 Å². The number of rotatable bonds is 1. The van der Waals surface area contributed by atoms with E-state index in [-0.39, 0.29) is 0 Å². The van der Waals surface area contributed by atoms with E-state index in [0.29, 0.717) is 30.4 Å². The van der Waals surface area contributed by atoms with Crippen molar-refractivity contribution in [3.05, 3.63) is 41.5 Å². The van der Waals surface area contributed by atoms with Gasteiger partial charge in [0.2, 0.25) is 0 Å². The second-order valence-electron chi connectivity index (χ2n) is 4.69. The molecule has 2 unspecified atom stereocenters. The molecule has 0 saturated carbocycles. The standard InChI is InChI=1S/C14H14O3/c15-14(16)9-5-6-10-8-17-13-4-2-1-3-11(13)12(10)7-9/h1-5,10,12H,6-8H2,(H,15,16). The van der Waals surface area contributed by atoms with Crippen LogP contribution in [0.1, 0.15) is 24.3 Å². The molecule has 1 aromatic carbocycles. The lowest BCUT2D eigenvalue weighted by Gasteiger charge is -2.35. The summed E-state index contributed by atoms with van der Waals surface area (Å²) in [6.07, 6.45) is 3.28. The van der Waals surface area contributed by atoms with Gasteiger partial charge in [-0.05, 0) is 30.4 Å². The van der Waals surface area contributed by atoms with E-state index in [9.17, 15) is 4.79 Å². The summed E-state index contributed by atoms with van der Waals surface area (Å²) in [7, 11) is 0. The third kappa shape index (κ3) is 1.71. The van der Waals surface area contributed by atoms with Crippen molar-refractivity contribution in [2.75, 3.05) is 6.61 Å². The second-order valence-corrected chi connectivity index (χ2v) is 4.69. The third-order valence-electron chi connectivity index (χ3n) is 3.72. The summed E-state index contributed by atoms with van der Waals surface area (Å²) < 4.78 is 5.71. The quantitative estimate of drug-likeness (QED) is 0.806. The van der Waals surface area contributed by atoms with E-state index >= 15 is 0 Å². The zero-order valence-electron chi connectivity index (χ0n) is 9.43. The number of allylic oxidation sites excluding steroid dienone is 1. The summed E-state index contributed by atoms with van der Waals surface area (Å²) in [5, 5.41) is 9.08. The van der Waals surface area contributed by atoms with Gasteiger partial charge < -0.3 is 9.84 Å². The maximum atomic E-state index is 11.0. The smallest absolute Gasteiger partial charge is 0.331 e. The Balaban J connectivity index is 1.97. The highest BCUT2D eigenvalue weighted by Gasteiger charge is 2.34. The highest BCUT2D eigenvalue weighted by molar-refractivity contribution is 5.87. The van der Waals surface area contributed by atoms with Gasteiger partial charge in [0.15, 0.2) is 0 Å². The lowest BCUT2D eigenvalue weighted by Crippen LogP contribution is -2.29. The molecular weight excluding hydrogens is 216 g/mol. The van der Waals surface area contributed by atoms with E-state index in [1.807, 2.05) is 24.3 Å². The SMILES string of the molecule is O=C(O)C1=CCC2COc3ccccc3C2C1. The number of carboxylic acid groups (broad SMARTS) is 1. The Kier molecular flexibility index (Phi) is 2.39. The number of carbonyl (C=O) groups is 1. The number of fused-ring (bicyclic) bond motifs is 3. The molecule has 1 aliphatic heterocycles. The Bertz CT molecular complexity index is 490. The first-order chi connectivity index (χ1) is 8.25. The molecule has 0 saturated heterocycles. The van der Waals surface area contributed by atoms with E-state index in [2.05, 4.69) is 6.07 Å². The number of carboxylic acids is 1. The minimum Gasteiger partial charge on any atom is -0.493 e. The highest BCUT2D eigenvalue weighted by atomic mass is 16.5. The Morgan fingerprint density at radius 3 is 3.00 bits per heavy atom. The predicted molar refractivity (Wildman–Crippen MR) is 63.1 cm³/mol. The van der Waals surface area contributed by atoms with Gasteiger partial charge in [0.25, 0.3) is 0 Å². The molecule has 1 aromatic rings. The number of ether oxygens (including phenoxy) is 1. The van der Waals surface area contributed by atoms with Crippen LogP contribution in [-0.2, 0) is 4.79 Å². The van der Waals surface area contributed by atoms with Gasteiger partial charge in [0.1, 0.15) is 5.75 Å². The predicted octanol–water partition coefficient (Wildman–Crippen LogP) is 2.58. The van der Waals surface area contributed by atoms with E-state index in [0.717, 1.165) is 17.7 Å². The fraction of sp³-hybridized carbons (Fsp3) is 0.357. The van der Waals surface area contributed by atoms with Gasteiger partial charge in [0, 0.05) is 11.5 Å². The summed E-state index contributed by atoms with van der Waals surface area (Å²) in [5.74, 6) is 0.858. The molecular formula is C14H14O3. The summed E-state index contributed by atoms with van der Waals surface area (Å²) >= 11 is 0. The molecule has 0 fully saturated rings. The average molecular weight is 230 g/mol. The molecule has 88 valence electrons. The van der Waals surface area contributed by atoms with Crippen molar-refractivity contribution in [3.63, 3.8) is 0 Å². The van der Waals surface area contributed by atoms with Crippen LogP contribution < -0.4 is 4.74 Å². The highest BCUT2D eigenvalue weighted by Crippen LogP contribution is 2.44. The van der Waals surface area contributed by atoms with Gasteiger partial charge >= 0.3 is 5.97 Å². The average Bonchev–Trinajstić information content (AvgIpc) is 2.38. The molecule has 0 amide bonds. The second kappa shape index (κ2) is 3.91. The number of benzene rings is 1. The van der Waals surface area contributed by atoms with Gasteiger partial charge in [-0.15, -0.1) is 0 Å². The molecule has 0 bridgehead atoms. The maximum absolute atomic E-state index is 11.0. The normalized spacial score (nSPS) is 26.2. The molecule has 0 radical (unpaired) electrons. The van der Waals surface area contributed by atoms with Gasteiger partial charge in [0.05, 0.1) is 6.61 Å². The maximum Gasteiger partial charge on any atom is 0.331 e. The zero-order valence-corrected chi connectivity index (χ0v) is 9.43. The number of hydrogen-bond acceptors (Lipinski definition) is 2. The van der Waals surface area contributed by atoms with E-state index in [1.165, 1.54) is 0 Å². The Hall–Kier alpha value is -1.77. The minimum absolute atomic E-state index is 0.302. The van der Waals surface area contributed by atoms with Crippen LogP contribution in [-0.4, -0.2) is 17.7 Å². The van der Waals surface area contributed by atoms with Crippen LogP contribution in [0.5, 0.6) is 5.75 Å². The molecule has 0 aromatic heterocycles. The van der Waals surface area contributed by atoms with Gasteiger partial charge in [-0.1, -0.05) is 24.3 Å². The molecule has 3 heteroatoms. The number of aliphatic carboxylic acids is 1. The number of hydrogen-bond donors (Lipinski definition) is 1. The van der Waals surface area contributed by atoms with Crippen LogP contribution in [0.3, 0.4) is 0 Å². The minimum atomic E-state index is -0.785. The van der Waals surface area contributed by atoms with E-state index in [4.69, 9.17) is 9.84 Å². The van der Waals surface area contributed by atoms with Crippen molar-refractivity contribution in [3.8, 4) is 5.75 Å². The largest absolute Gasteiger partial charge is 0.493 e. The molecule has 2 aliphatic rings. The summed E-state index contributed by atoms with van der Waals surface area (Å²) in [5.41, 5.74) is 1.71. The molecule has 3 rings (SSSR count). The first kappa shape index (κ1) is 10.4. The molecule has 3 nitrogen and oxygen atoms in total. The van der Waals surface area contributed by atoms with Crippen LogP contribution in [0, 0.1) is 5.92 Å². The first-order valence-electron chi connectivity index (χ1n) is 5.90. The molecule has 0 spiro atoms. The fourth-order valence-electron chi connectivity index (χ4n) is 2.78. The Morgan fingerprint density at radius 2 is 2.18 bits per heavy atom. The van der Waals surface area contributed by atoms with Crippen molar-refractivity contribution >= 4 is 5.97 Å². The Labute approximate surface area is 99.7 Å². The summed E-state index contributed by atoms with van der Waals surface area (Å²) in [6, 6.07) is 7.96. The molecule has 2 atom stereocenters. The van der Waals surface area contributed by atoms with E-state index in [1.54, 1.807) is 0 Å². The van der Waals surface area contributed by atoms with Gasteiger partial charge in [-0.3, -0.25) is 0 Å².